The highest BCUT2D eigenvalue weighted by molar-refractivity contribution is 5.76. The summed E-state index contributed by atoms with van der Waals surface area (Å²) in [6.45, 7) is 7.48. The van der Waals surface area contributed by atoms with Crippen LogP contribution in [0.2, 0.25) is 0 Å². The molecular formula is C31H34F3N5O2. The number of rotatable bonds is 4. The second-order valence-corrected chi connectivity index (χ2v) is 9.87. The van der Waals surface area contributed by atoms with Gasteiger partial charge >= 0.3 is 6.18 Å². The van der Waals surface area contributed by atoms with Crippen LogP contribution in [0, 0.1) is 24.7 Å². The number of piperidine rings is 1. The number of aromatic nitrogens is 2. The quantitative estimate of drug-likeness (QED) is 0.333. The Kier molecular flexibility index (Phi) is 10.3. The van der Waals surface area contributed by atoms with E-state index in [-0.39, 0.29) is 5.56 Å². The van der Waals surface area contributed by atoms with Crippen LogP contribution in [0.25, 0.3) is 11.1 Å². The summed E-state index contributed by atoms with van der Waals surface area (Å²) in [6, 6.07) is 10.6. The maximum Gasteiger partial charge on any atom is 0.433 e. The van der Waals surface area contributed by atoms with Crippen LogP contribution in [0.15, 0.2) is 48.8 Å². The molecule has 0 saturated carbocycles. The van der Waals surface area contributed by atoms with Crippen molar-refractivity contribution in [3.05, 3.63) is 71.3 Å². The Morgan fingerprint density at radius 2 is 1.95 bits per heavy atom. The summed E-state index contributed by atoms with van der Waals surface area (Å²) >= 11 is 0. The first-order valence-electron chi connectivity index (χ1n) is 13.6. The summed E-state index contributed by atoms with van der Waals surface area (Å²) in [5.41, 5.74) is 5.60. The minimum absolute atomic E-state index is 0.0303. The summed E-state index contributed by atoms with van der Waals surface area (Å²) < 4.78 is 41.3. The van der Waals surface area contributed by atoms with Gasteiger partial charge in [0, 0.05) is 61.8 Å². The van der Waals surface area contributed by atoms with Gasteiger partial charge in [-0.2, -0.15) is 13.2 Å². The van der Waals surface area contributed by atoms with Crippen LogP contribution in [-0.2, 0) is 10.9 Å². The number of carbonyl (C=O) groups excluding carboxylic acids is 1. The molecule has 10 heteroatoms. The maximum absolute atomic E-state index is 11.9. The van der Waals surface area contributed by atoms with Gasteiger partial charge in [-0.3, -0.25) is 9.78 Å². The van der Waals surface area contributed by atoms with Gasteiger partial charge in [-0.15, -0.1) is 0 Å². The zero-order chi connectivity index (χ0) is 29.2. The summed E-state index contributed by atoms with van der Waals surface area (Å²) in [5, 5.41) is 6.68. The number of ether oxygens (including phenoxy) is 1. The van der Waals surface area contributed by atoms with Gasteiger partial charge in [0.25, 0.3) is 0 Å². The first-order chi connectivity index (χ1) is 19.8. The minimum atomic E-state index is -4.49. The molecule has 7 nitrogen and oxygen atoms in total. The van der Waals surface area contributed by atoms with Crippen LogP contribution >= 0.6 is 0 Å². The SMILES string of the molecule is CNc1ccc(C)c(-c2cnc(C#CC3CCCNC3)c(N3CCOCC3)c2)c1.O=Cc1ccnc(C(F)(F)F)c1. The lowest BCUT2D eigenvalue weighted by Crippen LogP contribution is -2.36. The number of halogens is 3. The van der Waals surface area contributed by atoms with E-state index in [9.17, 15) is 18.0 Å². The van der Waals surface area contributed by atoms with Gasteiger partial charge in [-0.25, -0.2) is 4.98 Å². The van der Waals surface area contributed by atoms with E-state index in [2.05, 4.69) is 63.5 Å². The van der Waals surface area contributed by atoms with Gasteiger partial charge in [0.15, 0.2) is 0 Å². The third-order valence-electron chi connectivity index (χ3n) is 6.96. The van der Waals surface area contributed by atoms with Gasteiger partial charge in [0.05, 0.1) is 18.9 Å². The van der Waals surface area contributed by atoms with Crippen molar-refractivity contribution in [2.45, 2.75) is 25.9 Å². The van der Waals surface area contributed by atoms with Gasteiger partial charge in [-0.1, -0.05) is 12.0 Å². The number of anilines is 2. The molecule has 0 radical (unpaired) electrons. The molecule has 2 fully saturated rings. The average molecular weight is 566 g/mol. The number of alkyl halides is 3. The van der Waals surface area contributed by atoms with Crippen LogP contribution in [0.4, 0.5) is 24.5 Å². The molecule has 216 valence electrons. The Hall–Kier alpha value is -3.94. The molecule has 2 aliphatic rings. The van der Waals surface area contributed by atoms with Crippen molar-refractivity contribution >= 4 is 17.7 Å². The summed E-state index contributed by atoms with van der Waals surface area (Å²) in [6.07, 6.45) is 1.14. The number of hydrogen-bond donors (Lipinski definition) is 2. The van der Waals surface area contributed by atoms with Gasteiger partial charge in [0.1, 0.15) is 17.7 Å². The fraction of sp³-hybridized carbons (Fsp3) is 0.387. The van der Waals surface area contributed by atoms with Crippen molar-refractivity contribution in [3.63, 3.8) is 0 Å². The molecule has 2 aliphatic heterocycles. The van der Waals surface area contributed by atoms with Crippen LogP contribution in [-0.4, -0.2) is 62.7 Å². The zero-order valence-corrected chi connectivity index (χ0v) is 23.2. The Bertz CT molecular complexity index is 1390. The van der Waals surface area contributed by atoms with E-state index < -0.39 is 11.9 Å². The predicted molar refractivity (Wildman–Crippen MR) is 154 cm³/mol. The molecule has 1 aromatic carbocycles. The highest BCUT2D eigenvalue weighted by atomic mass is 19.4. The van der Waals surface area contributed by atoms with Crippen molar-refractivity contribution in [1.82, 2.24) is 15.3 Å². The lowest BCUT2D eigenvalue weighted by Gasteiger charge is -2.29. The smallest absolute Gasteiger partial charge is 0.388 e. The topological polar surface area (TPSA) is 79.4 Å². The Morgan fingerprint density at radius 1 is 1.15 bits per heavy atom. The Morgan fingerprint density at radius 3 is 2.63 bits per heavy atom. The number of morpholine rings is 1. The molecule has 0 aliphatic carbocycles. The Balaban J connectivity index is 0.000000271. The lowest BCUT2D eigenvalue weighted by atomic mass is 9.99. The van der Waals surface area contributed by atoms with Gasteiger partial charge in [-0.05, 0) is 73.7 Å². The molecule has 0 amide bonds. The van der Waals surface area contributed by atoms with Crippen LogP contribution in [0.3, 0.4) is 0 Å². The molecule has 2 N–H and O–H groups in total. The van der Waals surface area contributed by atoms with Crippen LogP contribution in [0.1, 0.15) is 40.2 Å². The number of nitrogens with one attached hydrogen (secondary N) is 2. The number of carbonyl (C=O) groups is 1. The van der Waals surface area contributed by atoms with Gasteiger partial charge < -0.3 is 20.3 Å². The highest BCUT2D eigenvalue weighted by Gasteiger charge is 2.32. The molecule has 1 atom stereocenters. The van der Waals surface area contributed by atoms with Crippen molar-refractivity contribution in [3.8, 4) is 23.0 Å². The largest absolute Gasteiger partial charge is 0.433 e. The van der Waals surface area contributed by atoms with E-state index in [1.54, 1.807) is 0 Å². The molecule has 2 aromatic heterocycles. The molecule has 1 unspecified atom stereocenters. The monoisotopic (exact) mass is 565 g/mol. The van der Waals surface area contributed by atoms with Gasteiger partial charge in [0.2, 0.25) is 0 Å². The molecule has 41 heavy (non-hydrogen) atoms. The average Bonchev–Trinajstić information content (AvgIpc) is 3.01. The zero-order valence-electron chi connectivity index (χ0n) is 23.2. The van der Waals surface area contributed by atoms with E-state index in [4.69, 9.17) is 9.72 Å². The third-order valence-corrected chi connectivity index (χ3v) is 6.96. The van der Waals surface area contributed by atoms with Crippen LogP contribution < -0.4 is 15.5 Å². The number of aryl methyl sites for hydroxylation is 1. The standard InChI is InChI=1S/C24H30N4O.C7H4F3NO/c1-18-5-7-21(25-2)15-22(18)20-14-24(28-10-12-29-13-11-28)23(27-17-20)8-6-19-4-3-9-26-16-19;8-7(9,10)6-3-5(4-12)1-2-11-6/h5,7,14-15,17,19,25-26H,3-4,9-13,16H2,1-2H3;1-4H. The fourth-order valence-corrected chi connectivity index (χ4v) is 4.65. The third kappa shape index (κ3) is 8.28. The van der Waals surface area contributed by atoms with E-state index in [1.165, 1.54) is 30.0 Å². The number of nitrogens with zero attached hydrogens (tertiary/aromatic N) is 3. The lowest BCUT2D eigenvalue weighted by molar-refractivity contribution is -0.141. The van der Waals surface area contributed by atoms with E-state index >= 15 is 0 Å². The van der Waals surface area contributed by atoms with Crippen molar-refractivity contribution in [1.29, 1.82) is 0 Å². The van der Waals surface area contributed by atoms with E-state index in [0.717, 1.165) is 68.2 Å². The Labute approximate surface area is 238 Å². The summed E-state index contributed by atoms with van der Waals surface area (Å²) in [5.74, 6) is 7.28. The first kappa shape index (κ1) is 30.0. The number of aldehydes is 1. The molecule has 4 heterocycles. The maximum atomic E-state index is 11.9. The van der Waals surface area contributed by atoms with Crippen molar-refractivity contribution < 1.29 is 22.7 Å². The first-order valence-corrected chi connectivity index (χ1v) is 13.6. The van der Waals surface area contributed by atoms with Crippen molar-refractivity contribution in [2.24, 2.45) is 5.92 Å². The molecular weight excluding hydrogens is 531 g/mol. The number of pyridine rings is 2. The second-order valence-electron chi connectivity index (χ2n) is 9.87. The van der Waals surface area contributed by atoms with Crippen molar-refractivity contribution in [2.75, 3.05) is 56.7 Å². The highest BCUT2D eigenvalue weighted by Crippen LogP contribution is 2.31. The fourth-order valence-electron chi connectivity index (χ4n) is 4.65. The van der Waals surface area contributed by atoms with Crippen LogP contribution in [0.5, 0.6) is 0 Å². The predicted octanol–water partition coefficient (Wildman–Crippen LogP) is 5.20. The number of hydrogen-bond acceptors (Lipinski definition) is 7. The molecule has 0 bridgehead atoms. The second kappa shape index (κ2) is 14.1. The summed E-state index contributed by atoms with van der Waals surface area (Å²) in [7, 11) is 1.95. The summed E-state index contributed by atoms with van der Waals surface area (Å²) in [4.78, 5) is 20.3. The molecule has 2 saturated heterocycles. The molecule has 3 aromatic rings. The normalized spacial score (nSPS) is 17.0. The molecule has 5 rings (SSSR count). The van der Waals surface area contributed by atoms with E-state index in [0.29, 0.717) is 18.3 Å². The van der Waals surface area contributed by atoms with E-state index in [1.807, 2.05) is 13.2 Å². The minimum Gasteiger partial charge on any atom is -0.388 e. The molecule has 0 spiro atoms. The number of benzene rings is 1.